The molecule has 0 aromatic carbocycles. The molecule has 2 aromatic heterocycles. The van der Waals surface area contributed by atoms with Crippen molar-refractivity contribution in [3.63, 3.8) is 0 Å². The molecule has 0 spiro atoms. The van der Waals surface area contributed by atoms with Crippen LogP contribution in [0.4, 0.5) is 0 Å². The standard InChI is InChI=1S/C17H25N5/c1-21-10-4-6-14(21)11-16-20-15-7-3-9-19-17(15)22(16)12-13-5-2-8-18-13/h3,7,9,13-14,18H,2,4-6,8,10-12H2,1H3. The van der Waals surface area contributed by atoms with Crippen LogP contribution in [0, 0.1) is 0 Å². The first-order valence-electron chi connectivity index (χ1n) is 8.55. The van der Waals surface area contributed by atoms with Gasteiger partial charge in [-0.15, -0.1) is 0 Å². The van der Waals surface area contributed by atoms with E-state index in [4.69, 9.17) is 4.98 Å². The van der Waals surface area contributed by atoms with Crippen LogP contribution in [-0.2, 0) is 13.0 Å². The Morgan fingerprint density at radius 1 is 1.32 bits per heavy atom. The molecule has 2 aliphatic heterocycles. The molecule has 0 amide bonds. The second kappa shape index (κ2) is 5.97. The number of fused-ring (bicyclic) bond motifs is 1. The quantitative estimate of drug-likeness (QED) is 0.935. The summed E-state index contributed by atoms with van der Waals surface area (Å²) in [7, 11) is 2.24. The SMILES string of the molecule is CN1CCCC1Cc1nc2cccnc2n1CC1CCCN1. The number of imidazole rings is 1. The Balaban J connectivity index is 1.65. The fraction of sp³-hybridized carbons (Fsp3) is 0.647. The Hall–Kier alpha value is -1.46. The minimum absolute atomic E-state index is 0.569. The van der Waals surface area contributed by atoms with E-state index >= 15 is 0 Å². The maximum Gasteiger partial charge on any atom is 0.160 e. The Bertz CT molecular complexity index is 644. The molecule has 2 aromatic rings. The van der Waals surface area contributed by atoms with Crippen molar-refractivity contribution < 1.29 is 0 Å². The van der Waals surface area contributed by atoms with Crippen LogP contribution in [0.3, 0.4) is 0 Å². The molecular weight excluding hydrogens is 274 g/mol. The fourth-order valence-electron chi connectivity index (χ4n) is 3.93. The van der Waals surface area contributed by atoms with Crippen LogP contribution in [0.15, 0.2) is 18.3 Å². The molecule has 0 bridgehead atoms. The number of hydrogen-bond donors (Lipinski definition) is 1. The molecule has 2 fully saturated rings. The third-order valence-corrected chi connectivity index (χ3v) is 5.24. The lowest BCUT2D eigenvalue weighted by Gasteiger charge is -2.20. The number of nitrogens with one attached hydrogen (secondary N) is 1. The van der Waals surface area contributed by atoms with Gasteiger partial charge in [-0.05, 0) is 58.0 Å². The smallest absolute Gasteiger partial charge is 0.160 e. The summed E-state index contributed by atoms with van der Waals surface area (Å²) in [5.41, 5.74) is 2.09. The van der Waals surface area contributed by atoms with Crippen LogP contribution in [0.2, 0.25) is 0 Å². The Kier molecular flexibility index (Phi) is 3.84. The third-order valence-electron chi connectivity index (χ3n) is 5.24. The lowest BCUT2D eigenvalue weighted by atomic mass is 10.1. The van der Waals surface area contributed by atoms with Gasteiger partial charge in [0.15, 0.2) is 5.65 Å². The molecule has 2 aliphatic rings. The maximum absolute atomic E-state index is 4.90. The summed E-state index contributed by atoms with van der Waals surface area (Å²) in [6.45, 7) is 3.36. The number of aromatic nitrogens is 3. The Labute approximate surface area is 131 Å². The zero-order chi connectivity index (χ0) is 14.9. The highest BCUT2D eigenvalue weighted by atomic mass is 15.2. The molecule has 2 saturated heterocycles. The first kappa shape index (κ1) is 14.2. The summed E-state index contributed by atoms with van der Waals surface area (Å²) in [5.74, 6) is 1.21. The van der Waals surface area contributed by atoms with E-state index in [9.17, 15) is 0 Å². The first-order chi connectivity index (χ1) is 10.8. The molecule has 22 heavy (non-hydrogen) atoms. The van der Waals surface area contributed by atoms with Gasteiger partial charge in [0.2, 0.25) is 0 Å². The minimum atomic E-state index is 0.569. The van der Waals surface area contributed by atoms with E-state index in [1.54, 1.807) is 0 Å². The van der Waals surface area contributed by atoms with Gasteiger partial charge in [0.1, 0.15) is 11.3 Å². The van der Waals surface area contributed by atoms with Gasteiger partial charge in [0, 0.05) is 31.2 Å². The van der Waals surface area contributed by atoms with Crippen molar-refractivity contribution in [1.82, 2.24) is 24.8 Å². The fourth-order valence-corrected chi connectivity index (χ4v) is 3.93. The highest BCUT2D eigenvalue weighted by Gasteiger charge is 2.25. The average Bonchev–Trinajstić information content (AvgIpc) is 3.24. The van der Waals surface area contributed by atoms with Crippen LogP contribution < -0.4 is 5.32 Å². The summed E-state index contributed by atoms with van der Waals surface area (Å²) >= 11 is 0. The summed E-state index contributed by atoms with van der Waals surface area (Å²) < 4.78 is 2.37. The molecule has 4 heterocycles. The van der Waals surface area contributed by atoms with E-state index in [1.165, 1.54) is 38.1 Å². The summed E-state index contributed by atoms with van der Waals surface area (Å²) in [6, 6.07) is 5.27. The number of pyridine rings is 1. The summed E-state index contributed by atoms with van der Waals surface area (Å²) in [4.78, 5) is 12.0. The lowest BCUT2D eigenvalue weighted by molar-refractivity contribution is 0.302. The van der Waals surface area contributed by atoms with E-state index in [1.807, 2.05) is 12.3 Å². The molecule has 2 atom stereocenters. The molecule has 1 N–H and O–H groups in total. The zero-order valence-electron chi connectivity index (χ0n) is 13.3. The second-order valence-corrected chi connectivity index (χ2v) is 6.76. The van der Waals surface area contributed by atoms with Crippen LogP contribution in [-0.4, -0.2) is 51.7 Å². The summed E-state index contributed by atoms with van der Waals surface area (Å²) in [5, 5.41) is 3.60. The van der Waals surface area contributed by atoms with Gasteiger partial charge < -0.3 is 14.8 Å². The van der Waals surface area contributed by atoms with Crippen molar-refractivity contribution in [3.05, 3.63) is 24.2 Å². The molecule has 4 rings (SSSR count). The number of nitrogens with zero attached hydrogens (tertiary/aromatic N) is 4. The molecule has 0 aliphatic carbocycles. The molecule has 2 unspecified atom stereocenters. The van der Waals surface area contributed by atoms with Gasteiger partial charge >= 0.3 is 0 Å². The summed E-state index contributed by atoms with van der Waals surface area (Å²) in [6.07, 6.45) is 8.06. The van der Waals surface area contributed by atoms with E-state index in [-0.39, 0.29) is 0 Å². The van der Waals surface area contributed by atoms with Gasteiger partial charge in [-0.1, -0.05) is 0 Å². The van der Waals surface area contributed by atoms with Gasteiger partial charge in [0.05, 0.1) is 0 Å². The number of rotatable bonds is 4. The predicted octanol–water partition coefficient (Wildman–Crippen LogP) is 1.82. The van der Waals surface area contributed by atoms with E-state index in [0.29, 0.717) is 12.1 Å². The molecular formula is C17H25N5. The van der Waals surface area contributed by atoms with Crippen molar-refractivity contribution in [2.24, 2.45) is 0 Å². The van der Waals surface area contributed by atoms with Crippen LogP contribution in [0.5, 0.6) is 0 Å². The topological polar surface area (TPSA) is 46.0 Å². The van der Waals surface area contributed by atoms with Crippen LogP contribution in [0.25, 0.3) is 11.2 Å². The van der Waals surface area contributed by atoms with Crippen molar-refractivity contribution in [2.45, 2.75) is 50.7 Å². The predicted molar refractivity (Wildman–Crippen MR) is 87.9 cm³/mol. The van der Waals surface area contributed by atoms with Gasteiger partial charge in [-0.3, -0.25) is 0 Å². The Morgan fingerprint density at radius 3 is 3.05 bits per heavy atom. The van der Waals surface area contributed by atoms with E-state index < -0.39 is 0 Å². The minimum Gasteiger partial charge on any atom is -0.312 e. The van der Waals surface area contributed by atoms with Gasteiger partial charge in [0.25, 0.3) is 0 Å². The highest BCUT2D eigenvalue weighted by Crippen LogP contribution is 2.22. The van der Waals surface area contributed by atoms with E-state index in [2.05, 4.69) is 32.9 Å². The maximum atomic E-state index is 4.90. The highest BCUT2D eigenvalue weighted by molar-refractivity contribution is 5.71. The normalized spacial score (nSPS) is 26.2. The van der Waals surface area contributed by atoms with E-state index in [0.717, 1.165) is 30.7 Å². The number of hydrogen-bond acceptors (Lipinski definition) is 4. The molecule has 0 radical (unpaired) electrons. The van der Waals surface area contributed by atoms with Crippen LogP contribution >= 0.6 is 0 Å². The molecule has 5 heteroatoms. The van der Waals surface area contributed by atoms with Crippen LogP contribution in [0.1, 0.15) is 31.5 Å². The Morgan fingerprint density at radius 2 is 2.27 bits per heavy atom. The van der Waals surface area contributed by atoms with Crippen molar-refractivity contribution in [1.29, 1.82) is 0 Å². The molecule has 0 saturated carbocycles. The average molecular weight is 299 g/mol. The third kappa shape index (κ3) is 2.63. The molecule has 118 valence electrons. The largest absolute Gasteiger partial charge is 0.312 e. The zero-order valence-corrected chi connectivity index (χ0v) is 13.3. The first-order valence-corrected chi connectivity index (χ1v) is 8.55. The number of likely N-dealkylation sites (N-methyl/N-ethyl adjacent to an activating group) is 1. The van der Waals surface area contributed by atoms with Gasteiger partial charge in [-0.2, -0.15) is 0 Å². The monoisotopic (exact) mass is 299 g/mol. The van der Waals surface area contributed by atoms with Crippen molar-refractivity contribution in [2.75, 3.05) is 20.1 Å². The lowest BCUT2D eigenvalue weighted by Crippen LogP contribution is -2.31. The number of likely N-dealkylation sites (tertiary alicyclic amines) is 1. The molecule has 5 nitrogen and oxygen atoms in total. The van der Waals surface area contributed by atoms with Crippen molar-refractivity contribution >= 4 is 11.2 Å². The second-order valence-electron chi connectivity index (χ2n) is 6.76. The van der Waals surface area contributed by atoms with Crippen molar-refractivity contribution in [3.8, 4) is 0 Å². The van der Waals surface area contributed by atoms with Gasteiger partial charge in [-0.25, -0.2) is 9.97 Å².